The highest BCUT2D eigenvalue weighted by atomic mass is 79.9. The van der Waals surface area contributed by atoms with E-state index in [0.29, 0.717) is 18.4 Å². The molecule has 2 saturated carbocycles. The van der Waals surface area contributed by atoms with Crippen LogP contribution in [0.25, 0.3) is 0 Å². The number of alkyl halides is 1. The summed E-state index contributed by atoms with van der Waals surface area (Å²) in [6, 6.07) is 0. The number of ether oxygens (including phenoxy) is 3. The molecule has 0 aromatic heterocycles. The molecule has 4 nitrogen and oxygen atoms in total. The predicted octanol–water partition coefficient (Wildman–Crippen LogP) is 3.31. The van der Waals surface area contributed by atoms with E-state index in [1.54, 1.807) is 0 Å². The zero-order chi connectivity index (χ0) is 17.3. The van der Waals surface area contributed by atoms with Gasteiger partial charge in [-0.05, 0) is 39.5 Å². The number of esters is 1. The fraction of sp³-hybridized carbons (Fsp3) is 0.947. The Morgan fingerprint density at radius 2 is 1.92 bits per heavy atom. The average molecular weight is 399 g/mol. The molecular formula is C19H27BrO4. The second kappa shape index (κ2) is 4.07. The van der Waals surface area contributed by atoms with Gasteiger partial charge in [0.05, 0.1) is 34.7 Å². The molecule has 134 valence electrons. The van der Waals surface area contributed by atoms with Crippen molar-refractivity contribution in [3.05, 3.63) is 0 Å². The van der Waals surface area contributed by atoms with Gasteiger partial charge in [-0.25, -0.2) is 0 Å². The summed E-state index contributed by atoms with van der Waals surface area (Å²) in [5, 5.41) is 0.784. The van der Waals surface area contributed by atoms with Gasteiger partial charge in [0.2, 0.25) is 0 Å². The maximum Gasteiger partial charge on any atom is 0.313 e. The monoisotopic (exact) mass is 398 g/mol. The number of carbonyl (C=O) groups excluding carboxylic acids is 1. The van der Waals surface area contributed by atoms with E-state index in [9.17, 15) is 4.79 Å². The van der Waals surface area contributed by atoms with Crippen molar-refractivity contribution >= 4 is 21.9 Å². The molecule has 2 aliphatic carbocycles. The van der Waals surface area contributed by atoms with Gasteiger partial charge in [-0.1, -0.05) is 29.8 Å². The van der Waals surface area contributed by atoms with Crippen LogP contribution in [0.5, 0.6) is 0 Å². The largest absolute Gasteiger partial charge is 0.461 e. The maximum absolute atomic E-state index is 12.7. The zero-order valence-electron chi connectivity index (χ0n) is 15.1. The number of cyclic esters (lactones) is 1. The first-order valence-electron chi connectivity index (χ1n) is 9.22. The highest BCUT2D eigenvalue weighted by Crippen LogP contribution is 2.86. The summed E-state index contributed by atoms with van der Waals surface area (Å²) in [6.07, 6.45) is 2.00. The van der Waals surface area contributed by atoms with Gasteiger partial charge in [-0.2, -0.15) is 0 Å². The van der Waals surface area contributed by atoms with Crippen LogP contribution in [0.4, 0.5) is 0 Å². The molecule has 0 aromatic carbocycles. The molecule has 3 aliphatic heterocycles. The Kier molecular flexibility index (Phi) is 2.72. The molecule has 0 amide bonds. The van der Waals surface area contributed by atoms with E-state index >= 15 is 0 Å². The molecular weight excluding hydrogens is 372 g/mol. The van der Waals surface area contributed by atoms with Crippen molar-refractivity contribution in [1.29, 1.82) is 0 Å². The van der Waals surface area contributed by atoms with Crippen LogP contribution < -0.4 is 0 Å². The number of fused-ring (bicyclic) bond motifs is 3. The Morgan fingerprint density at radius 3 is 2.58 bits per heavy atom. The molecule has 5 rings (SSSR count). The SMILES string of the molecule is CC1OCC2(C)C1[C@@](C)(CBr)OC21C[C@H]2C[C@]23C(=O)OC(C)C13C. The maximum atomic E-state index is 12.7. The minimum Gasteiger partial charge on any atom is -0.461 e. The van der Waals surface area contributed by atoms with Crippen LogP contribution >= 0.6 is 15.9 Å². The van der Waals surface area contributed by atoms with Crippen molar-refractivity contribution in [3.8, 4) is 0 Å². The van der Waals surface area contributed by atoms with E-state index in [2.05, 4.69) is 50.5 Å². The van der Waals surface area contributed by atoms with Crippen molar-refractivity contribution in [1.82, 2.24) is 0 Å². The Morgan fingerprint density at radius 1 is 1.21 bits per heavy atom. The second-order valence-electron chi connectivity index (χ2n) is 9.61. The number of hydrogen-bond acceptors (Lipinski definition) is 4. The summed E-state index contributed by atoms with van der Waals surface area (Å²) in [4.78, 5) is 12.7. The number of rotatable bonds is 1. The molecule has 0 aromatic rings. The summed E-state index contributed by atoms with van der Waals surface area (Å²) in [5.74, 6) is 0.743. The fourth-order valence-corrected chi connectivity index (χ4v) is 8.34. The molecule has 0 radical (unpaired) electrons. The first-order chi connectivity index (χ1) is 11.1. The molecule has 5 fully saturated rings. The van der Waals surface area contributed by atoms with Gasteiger partial charge >= 0.3 is 5.97 Å². The third-order valence-electron chi connectivity index (χ3n) is 8.92. The van der Waals surface area contributed by atoms with Crippen LogP contribution in [-0.4, -0.2) is 41.3 Å². The standard InChI is InChI=1S/C19H27BrO4/c1-10-13-15(3,9-22-10)19(24-16(13,4)8-20)7-12-6-18(12)14(21)23-11(2)17(18,19)5/h10-13H,6-9H2,1-5H3/t10?,11?,12-,13?,15?,16-,17?,18-,19?/m1/s1. The van der Waals surface area contributed by atoms with Crippen LogP contribution in [0, 0.1) is 28.1 Å². The van der Waals surface area contributed by atoms with Crippen molar-refractivity contribution < 1.29 is 19.0 Å². The second-order valence-corrected chi connectivity index (χ2v) is 10.2. The van der Waals surface area contributed by atoms with Crippen molar-refractivity contribution in [3.63, 3.8) is 0 Å². The molecule has 9 atom stereocenters. The van der Waals surface area contributed by atoms with E-state index in [1.807, 2.05) is 0 Å². The molecule has 24 heavy (non-hydrogen) atoms. The molecule has 2 spiro atoms. The Bertz CT molecular complexity index is 653. The van der Waals surface area contributed by atoms with E-state index in [4.69, 9.17) is 14.2 Å². The minimum absolute atomic E-state index is 0.0162. The van der Waals surface area contributed by atoms with Crippen LogP contribution in [-0.2, 0) is 19.0 Å². The quantitative estimate of drug-likeness (QED) is 0.501. The first-order valence-corrected chi connectivity index (χ1v) is 10.3. The topological polar surface area (TPSA) is 44.8 Å². The molecule has 5 heteroatoms. The lowest BCUT2D eigenvalue weighted by atomic mass is 9.52. The normalized spacial score (nSPS) is 66.5. The van der Waals surface area contributed by atoms with Gasteiger partial charge in [-0.3, -0.25) is 4.79 Å². The Labute approximate surface area is 152 Å². The molecule has 3 heterocycles. The average Bonchev–Trinajstić information content (AvgIpc) is 2.94. The lowest BCUT2D eigenvalue weighted by Gasteiger charge is -2.51. The molecule has 5 aliphatic rings. The zero-order valence-corrected chi connectivity index (χ0v) is 16.7. The first kappa shape index (κ1) is 16.1. The van der Waals surface area contributed by atoms with E-state index in [-0.39, 0.29) is 45.6 Å². The number of carbonyl (C=O) groups is 1. The predicted molar refractivity (Wildman–Crippen MR) is 91.8 cm³/mol. The summed E-state index contributed by atoms with van der Waals surface area (Å²) >= 11 is 3.71. The van der Waals surface area contributed by atoms with E-state index < -0.39 is 0 Å². The smallest absolute Gasteiger partial charge is 0.313 e. The van der Waals surface area contributed by atoms with Gasteiger partial charge in [0.25, 0.3) is 0 Å². The van der Waals surface area contributed by atoms with Gasteiger partial charge in [0, 0.05) is 16.7 Å². The van der Waals surface area contributed by atoms with Crippen molar-refractivity contribution in [2.75, 3.05) is 11.9 Å². The van der Waals surface area contributed by atoms with Gasteiger partial charge in [-0.15, -0.1) is 0 Å². The fourth-order valence-electron chi connectivity index (χ4n) is 7.88. The molecule has 3 saturated heterocycles. The van der Waals surface area contributed by atoms with Crippen LogP contribution in [0.3, 0.4) is 0 Å². The van der Waals surface area contributed by atoms with E-state index in [0.717, 1.165) is 18.2 Å². The van der Waals surface area contributed by atoms with Crippen LogP contribution in [0.1, 0.15) is 47.5 Å². The van der Waals surface area contributed by atoms with Gasteiger partial charge in [0.1, 0.15) is 6.10 Å². The highest BCUT2D eigenvalue weighted by molar-refractivity contribution is 9.09. The summed E-state index contributed by atoms with van der Waals surface area (Å²) < 4.78 is 19.1. The third kappa shape index (κ3) is 1.23. The number of hydrogen-bond donors (Lipinski definition) is 0. The van der Waals surface area contributed by atoms with Crippen LogP contribution in [0.15, 0.2) is 0 Å². The van der Waals surface area contributed by atoms with E-state index in [1.165, 1.54) is 0 Å². The van der Waals surface area contributed by atoms with Gasteiger partial charge < -0.3 is 14.2 Å². The molecule has 0 bridgehead atoms. The Hall–Kier alpha value is -0.130. The summed E-state index contributed by atoms with van der Waals surface area (Å²) in [7, 11) is 0. The number of halogens is 1. The third-order valence-corrected chi connectivity index (χ3v) is 10.0. The van der Waals surface area contributed by atoms with Crippen LogP contribution in [0.2, 0.25) is 0 Å². The molecule has 0 N–H and O–H groups in total. The lowest BCUT2D eigenvalue weighted by molar-refractivity contribution is -0.207. The molecule has 6 unspecified atom stereocenters. The lowest BCUT2D eigenvalue weighted by Crippen LogP contribution is -2.60. The Balaban J connectivity index is 1.74. The minimum atomic E-state index is -0.355. The highest BCUT2D eigenvalue weighted by Gasteiger charge is 2.92. The summed E-state index contributed by atoms with van der Waals surface area (Å²) in [6.45, 7) is 11.8. The van der Waals surface area contributed by atoms with Gasteiger partial charge in [0.15, 0.2) is 0 Å². The summed E-state index contributed by atoms with van der Waals surface area (Å²) in [5.41, 5.74) is -1.32. The van der Waals surface area contributed by atoms with Crippen molar-refractivity contribution in [2.45, 2.75) is 70.9 Å². The van der Waals surface area contributed by atoms with Crippen molar-refractivity contribution in [2.24, 2.45) is 28.1 Å².